The SMILES string of the molecule is CC(C)(C)c1ccc2c(c1)c1cc(C(C)(C)C)ccc1n2-c1cc2c3c(c1)Oc1ccccc1B3c1ccccc1O2. The van der Waals surface area contributed by atoms with Gasteiger partial charge in [-0.15, -0.1) is 0 Å². The van der Waals surface area contributed by atoms with Gasteiger partial charge in [-0.05, 0) is 69.3 Å². The van der Waals surface area contributed by atoms with Crippen LogP contribution in [0.1, 0.15) is 52.7 Å². The summed E-state index contributed by atoms with van der Waals surface area (Å²) >= 11 is 0. The topological polar surface area (TPSA) is 23.4 Å². The Morgan fingerprint density at radius 3 is 1.43 bits per heavy atom. The number of nitrogens with zero attached hydrogens (tertiary/aromatic N) is 1. The van der Waals surface area contributed by atoms with Crippen LogP contribution in [0.2, 0.25) is 0 Å². The van der Waals surface area contributed by atoms with Gasteiger partial charge in [-0.25, -0.2) is 0 Å². The predicted molar refractivity (Wildman–Crippen MR) is 176 cm³/mol. The molecule has 8 rings (SSSR count). The molecule has 0 bridgehead atoms. The lowest BCUT2D eigenvalue weighted by atomic mass is 9.35. The third kappa shape index (κ3) is 3.67. The molecule has 0 N–H and O–H groups in total. The molecule has 42 heavy (non-hydrogen) atoms. The van der Waals surface area contributed by atoms with E-state index in [9.17, 15) is 0 Å². The highest BCUT2D eigenvalue weighted by molar-refractivity contribution is 6.98. The molecule has 0 spiro atoms. The molecule has 6 aromatic rings. The normalized spacial score (nSPS) is 13.8. The fourth-order valence-electron chi connectivity index (χ4n) is 6.74. The van der Waals surface area contributed by atoms with Crippen LogP contribution >= 0.6 is 0 Å². The first-order valence-electron chi connectivity index (χ1n) is 14.9. The van der Waals surface area contributed by atoms with Crippen molar-refractivity contribution in [2.45, 2.75) is 52.4 Å². The number of aromatic nitrogens is 1. The van der Waals surface area contributed by atoms with Gasteiger partial charge in [-0.3, -0.25) is 0 Å². The number of ether oxygens (including phenoxy) is 2. The third-order valence-corrected chi connectivity index (χ3v) is 9.03. The summed E-state index contributed by atoms with van der Waals surface area (Å²) < 4.78 is 15.7. The van der Waals surface area contributed by atoms with E-state index in [2.05, 4.69) is 131 Å². The Balaban J connectivity index is 1.42. The maximum Gasteiger partial charge on any atom is 0.260 e. The van der Waals surface area contributed by atoms with E-state index < -0.39 is 0 Å². The van der Waals surface area contributed by atoms with Crippen molar-refractivity contribution in [3.05, 3.63) is 108 Å². The van der Waals surface area contributed by atoms with Crippen molar-refractivity contribution in [1.82, 2.24) is 4.57 Å². The van der Waals surface area contributed by atoms with Crippen molar-refractivity contribution >= 4 is 44.9 Å². The molecule has 3 heterocycles. The predicted octanol–water partition coefficient (Wildman–Crippen LogP) is 8.11. The minimum atomic E-state index is 0.0533. The monoisotopic (exact) mass is 547 g/mol. The fourth-order valence-corrected chi connectivity index (χ4v) is 6.74. The van der Waals surface area contributed by atoms with Crippen LogP contribution in [0.4, 0.5) is 0 Å². The van der Waals surface area contributed by atoms with Crippen LogP contribution in [-0.4, -0.2) is 11.3 Å². The Kier molecular flexibility index (Phi) is 5.15. The number of hydrogen-bond acceptors (Lipinski definition) is 2. The van der Waals surface area contributed by atoms with Gasteiger partial charge in [-0.2, -0.15) is 0 Å². The van der Waals surface area contributed by atoms with Crippen LogP contribution < -0.4 is 25.9 Å². The highest BCUT2D eigenvalue weighted by Gasteiger charge is 2.40. The molecule has 2 aliphatic heterocycles. The highest BCUT2D eigenvalue weighted by atomic mass is 16.5. The zero-order valence-corrected chi connectivity index (χ0v) is 25.1. The summed E-state index contributed by atoms with van der Waals surface area (Å²) in [6.45, 7) is 13.8. The van der Waals surface area contributed by atoms with Gasteiger partial charge < -0.3 is 14.0 Å². The first-order valence-corrected chi connectivity index (χ1v) is 14.9. The largest absolute Gasteiger partial charge is 0.458 e. The molecule has 5 aromatic carbocycles. The molecular formula is C38H34BNO2. The van der Waals surface area contributed by atoms with Gasteiger partial charge >= 0.3 is 0 Å². The quantitative estimate of drug-likeness (QED) is 0.194. The number of benzene rings is 5. The van der Waals surface area contributed by atoms with Crippen LogP contribution in [0.25, 0.3) is 27.5 Å². The first-order chi connectivity index (χ1) is 20.1. The molecule has 206 valence electrons. The summed E-state index contributed by atoms with van der Waals surface area (Å²) in [5, 5.41) is 2.54. The maximum atomic E-state index is 6.64. The van der Waals surface area contributed by atoms with E-state index >= 15 is 0 Å². The van der Waals surface area contributed by atoms with Gasteiger partial charge in [0.2, 0.25) is 0 Å². The molecule has 0 fully saturated rings. The minimum Gasteiger partial charge on any atom is -0.458 e. The van der Waals surface area contributed by atoms with Crippen molar-refractivity contribution < 1.29 is 9.47 Å². The van der Waals surface area contributed by atoms with Crippen molar-refractivity contribution in [2.24, 2.45) is 0 Å². The number of rotatable bonds is 1. The lowest BCUT2D eigenvalue weighted by Crippen LogP contribution is -2.57. The summed E-state index contributed by atoms with van der Waals surface area (Å²) in [4.78, 5) is 0. The van der Waals surface area contributed by atoms with E-state index in [4.69, 9.17) is 9.47 Å². The summed E-state index contributed by atoms with van der Waals surface area (Å²) in [6.07, 6.45) is 0. The maximum absolute atomic E-state index is 6.64. The van der Waals surface area contributed by atoms with Gasteiger partial charge in [0.05, 0.1) is 16.7 Å². The summed E-state index contributed by atoms with van der Waals surface area (Å²) in [7, 11) is 0. The molecular weight excluding hydrogens is 513 g/mol. The van der Waals surface area contributed by atoms with Crippen LogP contribution in [0.3, 0.4) is 0 Å². The van der Waals surface area contributed by atoms with Gasteiger partial charge in [0.25, 0.3) is 6.71 Å². The fraction of sp³-hybridized carbons (Fsp3) is 0.211. The molecule has 2 aliphatic rings. The van der Waals surface area contributed by atoms with E-state index in [0.717, 1.165) is 34.1 Å². The molecule has 4 heteroatoms. The number of para-hydroxylation sites is 2. The van der Waals surface area contributed by atoms with E-state index in [-0.39, 0.29) is 17.5 Å². The zero-order valence-electron chi connectivity index (χ0n) is 25.1. The highest BCUT2D eigenvalue weighted by Crippen LogP contribution is 2.41. The summed E-state index contributed by atoms with van der Waals surface area (Å²) in [6, 6.07) is 35.1. The Bertz CT molecular complexity index is 1930. The van der Waals surface area contributed by atoms with Crippen molar-refractivity contribution in [2.75, 3.05) is 0 Å². The second kappa shape index (κ2) is 8.55. The van der Waals surface area contributed by atoms with Gasteiger partial charge in [-0.1, -0.05) is 90.1 Å². The molecule has 1 aromatic heterocycles. The Hall–Kier alpha value is -4.44. The van der Waals surface area contributed by atoms with Crippen molar-refractivity contribution in [1.29, 1.82) is 0 Å². The molecule has 0 aliphatic carbocycles. The van der Waals surface area contributed by atoms with Gasteiger partial charge in [0, 0.05) is 28.4 Å². The summed E-state index contributed by atoms with van der Waals surface area (Å²) in [5.41, 5.74) is 9.62. The molecule has 0 saturated carbocycles. The van der Waals surface area contributed by atoms with Crippen molar-refractivity contribution in [3.63, 3.8) is 0 Å². The molecule has 0 saturated heterocycles. The molecule has 3 nitrogen and oxygen atoms in total. The lowest BCUT2D eigenvalue weighted by molar-refractivity contribution is 0.464. The Morgan fingerprint density at radius 1 is 0.524 bits per heavy atom. The summed E-state index contributed by atoms with van der Waals surface area (Å²) in [5.74, 6) is 3.52. The van der Waals surface area contributed by atoms with E-state index in [1.807, 2.05) is 12.1 Å². The average Bonchev–Trinajstić information content (AvgIpc) is 3.29. The van der Waals surface area contributed by atoms with Crippen LogP contribution in [0.5, 0.6) is 23.0 Å². The van der Waals surface area contributed by atoms with Gasteiger partial charge in [0.15, 0.2) is 0 Å². The van der Waals surface area contributed by atoms with E-state index in [1.54, 1.807) is 0 Å². The smallest absolute Gasteiger partial charge is 0.260 e. The molecule has 0 atom stereocenters. The van der Waals surface area contributed by atoms with E-state index in [1.165, 1.54) is 43.9 Å². The second-order valence-electron chi connectivity index (χ2n) is 13.9. The lowest BCUT2D eigenvalue weighted by Gasteiger charge is -2.33. The molecule has 0 amide bonds. The third-order valence-electron chi connectivity index (χ3n) is 9.03. The van der Waals surface area contributed by atoms with E-state index in [0.29, 0.717) is 0 Å². The first kappa shape index (κ1) is 25.3. The number of hydrogen-bond donors (Lipinski definition) is 0. The van der Waals surface area contributed by atoms with Crippen LogP contribution in [0.15, 0.2) is 97.1 Å². The Morgan fingerprint density at radius 2 is 0.976 bits per heavy atom. The Labute approximate surface area is 247 Å². The van der Waals surface area contributed by atoms with Gasteiger partial charge in [0.1, 0.15) is 23.0 Å². The zero-order chi connectivity index (χ0) is 29.0. The second-order valence-corrected chi connectivity index (χ2v) is 13.9. The number of fused-ring (bicyclic) bond motifs is 7. The molecule has 0 unspecified atom stereocenters. The van der Waals surface area contributed by atoms with Crippen LogP contribution in [0, 0.1) is 0 Å². The van der Waals surface area contributed by atoms with Crippen molar-refractivity contribution in [3.8, 4) is 28.7 Å². The van der Waals surface area contributed by atoms with Crippen LogP contribution in [-0.2, 0) is 10.8 Å². The standard InChI is InChI=1S/C38H34BNO2/c1-37(2,3)23-15-17-30-26(19-23)27-20-24(38(4,5)6)16-18-31(27)40(30)25-21-34-36-35(22-25)42-33-14-10-8-12-29(33)39(36)28-11-7-9-13-32(28)41-34/h7-22H,1-6H3. The minimum absolute atomic E-state index is 0.0533. The molecule has 0 radical (unpaired) electrons. The average molecular weight is 548 g/mol.